The van der Waals surface area contributed by atoms with Crippen molar-refractivity contribution in [3.63, 3.8) is 0 Å². The van der Waals surface area contributed by atoms with Gasteiger partial charge in [-0.3, -0.25) is 4.79 Å². The molecule has 0 aromatic rings. The van der Waals surface area contributed by atoms with E-state index in [2.05, 4.69) is 0 Å². The third-order valence-corrected chi connectivity index (χ3v) is 5.74. The highest BCUT2D eigenvalue weighted by molar-refractivity contribution is 7.91. The van der Waals surface area contributed by atoms with Crippen LogP contribution in [0.1, 0.15) is 0 Å². The van der Waals surface area contributed by atoms with Crippen LogP contribution in [0.2, 0.25) is 0 Å². The minimum absolute atomic E-state index is 0.120. The fraction of sp³-hybridized carbons (Fsp3) is 0.909. The van der Waals surface area contributed by atoms with Crippen molar-refractivity contribution in [2.45, 2.75) is 6.10 Å². The second-order valence-corrected chi connectivity index (χ2v) is 9.78. The topological polar surface area (TPSA) is 101 Å². The molecule has 0 aromatic carbocycles. The van der Waals surface area contributed by atoms with Gasteiger partial charge in [-0.15, -0.1) is 0 Å². The smallest absolute Gasteiger partial charge is 0.237 e. The summed E-state index contributed by atoms with van der Waals surface area (Å²) in [5, 5.41) is 0. The number of fused-ring (bicyclic) bond motifs is 1. The van der Waals surface area contributed by atoms with Crippen LogP contribution in [0.4, 0.5) is 0 Å². The molecule has 2 fully saturated rings. The van der Waals surface area contributed by atoms with Gasteiger partial charge in [-0.1, -0.05) is 0 Å². The van der Waals surface area contributed by atoms with Crippen molar-refractivity contribution in [3.05, 3.63) is 0 Å². The summed E-state index contributed by atoms with van der Waals surface area (Å²) < 4.78 is 52.6. The minimum Gasteiger partial charge on any atom is -0.375 e. The first-order valence-corrected chi connectivity index (χ1v) is 10.5. The van der Waals surface area contributed by atoms with Crippen molar-refractivity contribution in [3.8, 4) is 0 Å². The molecule has 10 heteroatoms. The molecule has 2 heterocycles. The standard InChI is InChI=1S/C11H20N2O6S2/c1-20(15,16)8-11(14)12-5-9-6-13(21(2,17)18)3-4-19-10(9)7-12/h9-10H,3-8H2,1-2H3/t9-,10-/m0/s1. The average molecular weight is 340 g/mol. The Labute approximate surface area is 125 Å². The molecule has 0 saturated carbocycles. The number of carbonyl (C=O) groups is 1. The van der Waals surface area contributed by atoms with E-state index in [-0.39, 0.29) is 18.6 Å². The predicted octanol–water partition coefficient (Wildman–Crippen LogP) is -1.85. The van der Waals surface area contributed by atoms with E-state index in [1.54, 1.807) is 0 Å². The lowest BCUT2D eigenvalue weighted by molar-refractivity contribution is -0.128. The summed E-state index contributed by atoms with van der Waals surface area (Å²) in [6.45, 7) is 1.53. The summed E-state index contributed by atoms with van der Waals surface area (Å²) in [5.74, 6) is -1.10. The number of sulfone groups is 1. The Morgan fingerprint density at radius 3 is 2.38 bits per heavy atom. The number of nitrogens with zero attached hydrogens (tertiary/aromatic N) is 2. The Morgan fingerprint density at radius 2 is 1.81 bits per heavy atom. The van der Waals surface area contributed by atoms with E-state index in [9.17, 15) is 21.6 Å². The molecule has 2 rings (SSSR count). The largest absolute Gasteiger partial charge is 0.375 e. The summed E-state index contributed by atoms with van der Waals surface area (Å²) >= 11 is 0. The Balaban J connectivity index is 2.05. The van der Waals surface area contributed by atoms with Crippen LogP contribution in [-0.4, -0.2) is 89.1 Å². The Bertz CT molecular complexity index is 615. The fourth-order valence-electron chi connectivity index (χ4n) is 2.68. The van der Waals surface area contributed by atoms with Gasteiger partial charge in [0.2, 0.25) is 15.9 Å². The number of likely N-dealkylation sites (tertiary alicyclic amines) is 1. The number of sulfonamides is 1. The lowest BCUT2D eigenvalue weighted by Crippen LogP contribution is -2.38. The molecule has 0 bridgehead atoms. The average Bonchev–Trinajstić information content (AvgIpc) is 2.58. The van der Waals surface area contributed by atoms with E-state index < -0.39 is 31.5 Å². The normalized spacial score (nSPS) is 28.2. The highest BCUT2D eigenvalue weighted by atomic mass is 32.2. The SMILES string of the molecule is CS(=O)(=O)CC(=O)N1C[C@H]2CN(S(C)(=O)=O)CCO[C@H]2C1. The van der Waals surface area contributed by atoms with Crippen LogP contribution in [0.3, 0.4) is 0 Å². The van der Waals surface area contributed by atoms with Gasteiger partial charge < -0.3 is 9.64 Å². The molecule has 2 aliphatic rings. The van der Waals surface area contributed by atoms with Crippen molar-refractivity contribution >= 4 is 25.8 Å². The molecular formula is C11H20N2O6S2. The van der Waals surface area contributed by atoms with E-state index in [0.717, 1.165) is 12.5 Å². The zero-order valence-corrected chi connectivity index (χ0v) is 13.7. The minimum atomic E-state index is -3.37. The molecule has 0 aliphatic carbocycles. The van der Waals surface area contributed by atoms with Crippen LogP contribution in [0.5, 0.6) is 0 Å². The quantitative estimate of drug-likeness (QED) is 0.598. The van der Waals surface area contributed by atoms with Gasteiger partial charge in [-0.25, -0.2) is 16.8 Å². The van der Waals surface area contributed by atoms with Crippen molar-refractivity contribution in [1.29, 1.82) is 0 Å². The maximum Gasteiger partial charge on any atom is 0.237 e. The summed E-state index contributed by atoms with van der Waals surface area (Å²) in [5.41, 5.74) is 0. The summed E-state index contributed by atoms with van der Waals surface area (Å²) in [7, 11) is -6.67. The molecule has 0 spiro atoms. The van der Waals surface area contributed by atoms with Crippen molar-refractivity contribution in [2.24, 2.45) is 5.92 Å². The molecule has 0 unspecified atom stereocenters. The van der Waals surface area contributed by atoms with E-state index in [1.807, 2.05) is 0 Å². The molecule has 21 heavy (non-hydrogen) atoms. The maximum absolute atomic E-state index is 11.9. The molecule has 122 valence electrons. The molecule has 1 amide bonds. The number of amides is 1. The molecule has 0 aromatic heterocycles. The Morgan fingerprint density at radius 1 is 1.14 bits per heavy atom. The highest BCUT2D eigenvalue weighted by Gasteiger charge is 2.40. The van der Waals surface area contributed by atoms with Crippen LogP contribution in [-0.2, 0) is 29.4 Å². The molecular weight excluding hydrogens is 320 g/mol. The molecule has 0 radical (unpaired) electrons. The van der Waals surface area contributed by atoms with Crippen LogP contribution in [0.25, 0.3) is 0 Å². The third-order valence-electron chi connectivity index (χ3n) is 3.70. The van der Waals surface area contributed by atoms with Gasteiger partial charge in [-0.2, -0.15) is 4.31 Å². The highest BCUT2D eigenvalue weighted by Crippen LogP contribution is 2.24. The van der Waals surface area contributed by atoms with Gasteiger partial charge in [0.05, 0.1) is 19.0 Å². The monoisotopic (exact) mass is 340 g/mol. The molecule has 8 nitrogen and oxygen atoms in total. The second-order valence-electron chi connectivity index (χ2n) is 5.66. The van der Waals surface area contributed by atoms with Gasteiger partial charge in [0, 0.05) is 38.4 Å². The van der Waals surface area contributed by atoms with Gasteiger partial charge in [0.25, 0.3) is 0 Å². The number of rotatable bonds is 3. The van der Waals surface area contributed by atoms with Crippen LogP contribution in [0.15, 0.2) is 0 Å². The molecule has 0 N–H and O–H groups in total. The lowest BCUT2D eigenvalue weighted by atomic mass is 10.1. The maximum atomic E-state index is 11.9. The number of hydrogen-bond acceptors (Lipinski definition) is 6. The predicted molar refractivity (Wildman–Crippen MR) is 75.9 cm³/mol. The first kappa shape index (κ1) is 16.7. The first-order valence-electron chi connectivity index (χ1n) is 6.58. The van der Waals surface area contributed by atoms with E-state index >= 15 is 0 Å². The van der Waals surface area contributed by atoms with E-state index in [0.29, 0.717) is 26.2 Å². The fourth-order valence-corrected chi connectivity index (χ4v) is 4.18. The van der Waals surface area contributed by atoms with Crippen molar-refractivity contribution in [2.75, 3.05) is 51.1 Å². The summed E-state index contributed by atoms with van der Waals surface area (Å²) in [6.07, 6.45) is 1.93. The van der Waals surface area contributed by atoms with Crippen molar-refractivity contribution in [1.82, 2.24) is 9.21 Å². The Hall–Kier alpha value is -0.710. The van der Waals surface area contributed by atoms with Crippen LogP contribution >= 0.6 is 0 Å². The summed E-state index contributed by atoms with van der Waals surface area (Å²) in [6, 6.07) is 0. The van der Waals surface area contributed by atoms with Crippen molar-refractivity contribution < 1.29 is 26.4 Å². The Kier molecular flexibility index (Phi) is 4.62. The van der Waals surface area contributed by atoms with Gasteiger partial charge in [-0.05, 0) is 0 Å². The molecule has 2 aliphatic heterocycles. The lowest BCUT2D eigenvalue weighted by Gasteiger charge is -2.21. The second kappa shape index (κ2) is 5.82. The van der Waals surface area contributed by atoms with Gasteiger partial charge >= 0.3 is 0 Å². The number of ether oxygens (including phenoxy) is 1. The zero-order valence-electron chi connectivity index (χ0n) is 12.1. The van der Waals surface area contributed by atoms with Crippen LogP contribution < -0.4 is 0 Å². The zero-order chi connectivity index (χ0) is 15.8. The third kappa shape index (κ3) is 4.38. The molecule has 2 saturated heterocycles. The van der Waals surface area contributed by atoms with Gasteiger partial charge in [0.1, 0.15) is 5.75 Å². The molecule has 2 atom stereocenters. The number of hydrogen-bond donors (Lipinski definition) is 0. The first-order chi connectivity index (χ1) is 9.56. The number of carbonyl (C=O) groups excluding carboxylic acids is 1. The van der Waals surface area contributed by atoms with Gasteiger partial charge in [0.15, 0.2) is 9.84 Å². The van der Waals surface area contributed by atoms with Crippen LogP contribution in [0, 0.1) is 5.92 Å². The van der Waals surface area contributed by atoms with E-state index in [4.69, 9.17) is 4.74 Å². The summed E-state index contributed by atoms with van der Waals surface area (Å²) in [4.78, 5) is 13.4. The van der Waals surface area contributed by atoms with E-state index in [1.165, 1.54) is 9.21 Å².